The Bertz CT molecular complexity index is 887. The average molecular weight is 358 g/mol. The number of rotatable bonds is 5. The van der Waals surface area contributed by atoms with E-state index >= 15 is 0 Å². The normalized spacial score (nSPS) is 12.5. The number of primary amides is 1. The van der Waals surface area contributed by atoms with Gasteiger partial charge in [-0.15, -0.1) is 11.3 Å². The second kappa shape index (κ2) is 6.91. The molecule has 3 aromatic rings. The molecule has 1 unspecified atom stereocenters. The molecule has 2 heterocycles. The number of hydrogen-bond acceptors (Lipinski definition) is 5. The van der Waals surface area contributed by atoms with E-state index in [-0.39, 0.29) is 11.2 Å². The molecule has 0 aliphatic rings. The summed E-state index contributed by atoms with van der Waals surface area (Å²) in [7, 11) is 0. The van der Waals surface area contributed by atoms with Gasteiger partial charge in [0.25, 0.3) is 0 Å². The number of nitrogens with two attached hydrogens (primary N) is 1. The Morgan fingerprint density at radius 1 is 1.29 bits per heavy atom. The van der Waals surface area contributed by atoms with Gasteiger partial charge in [0.15, 0.2) is 0 Å². The maximum absolute atomic E-state index is 11.4. The van der Waals surface area contributed by atoms with Crippen LogP contribution in [0.15, 0.2) is 35.6 Å². The Balaban J connectivity index is 2.16. The summed E-state index contributed by atoms with van der Waals surface area (Å²) in [5.74, 6) is -0.340. The second-order valence-corrected chi connectivity index (χ2v) is 8.14. The van der Waals surface area contributed by atoms with E-state index < -0.39 is 0 Å². The van der Waals surface area contributed by atoms with Crippen molar-refractivity contribution >= 4 is 39.2 Å². The molecule has 2 N–H and O–H groups in total. The Hall–Kier alpha value is -1.92. The first-order valence-corrected chi connectivity index (χ1v) is 9.50. The van der Waals surface area contributed by atoms with Gasteiger partial charge in [-0.1, -0.05) is 43.0 Å². The molecule has 24 heavy (non-hydrogen) atoms. The highest BCUT2D eigenvalue weighted by molar-refractivity contribution is 8.00. The van der Waals surface area contributed by atoms with Crippen molar-refractivity contribution in [1.29, 1.82) is 0 Å². The lowest BCUT2D eigenvalue weighted by Crippen LogP contribution is -2.22. The van der Waals surface area contributed by atoms with Crippen molar-refractivity contribution in [1.82, 2.24) is 9.97 Å². The summed E-state index contributed by atoms with van der Waals surface area (Å²) < 4.78 is 0. The SMILES string of the molecule is CCc1ccc(-c2c(C)sc3ncnc(SC(C)C(N)=O)c23)cc1. The van der Waals surface area contributed by atoms with Gasteiger partial charge in [-0.3, -0.25) is 4.79 Å². The van der Waals surface area contributed by atoms with Crippen molar-refractivity contribution < 1.29 is 4.79 Å². The largest absolute Gasteiger partial charge is 0.369 e. The molecular formula is C18H19N3OS2. The van der Waals surface area contributed by atoms with E-state index in [9.17, 15) is 4.79 Å². The smallest absolute Gasteiger partial charge is 0.230 e. The first-order chi connectivity index (χ1) is 11.5. The predicted molar refractivity (Wildman–Crippen MR) is 101 cm³/mol. The number of carbonyl (C=O) groups is 1. The number of carbonyl (C=O) groups excluding carboxylic acids is 1. The zero-order chi connectivity index (χ0) is 17.3. The molecule has 1 amide bonds. The van der Waals surface area contributed by atoms with Gasteiger partial charge in [-0.05, 0) is 31.4 Å². The number of aryl methyl sites for hydroxylation is 2. The lowest BCUT2D eigenvalue weighted by molar-refractivity contribution is -0.117. The molecule has 4 nitrogen and oxygen atoms in total. The Kier molecular flexibility index (Phi) is 4.87. The van der Waals surface area contributed by atoms with Crippen molar-refractivity contribution in [2.75, 3.05) is 0 Å². The van der Waals surface area contributed by atoms with Crippen LogP contribution in [0.4, 0.5) is 0 Å². The van der Waals surface area contributed by atoms with E-state index in [0.29, 0.717) is 0 Å². The summed E-state index contributed by atoms with van der Waals surface area (Å²) in [6.07, 6.45) is 2.57. The predicted octanol–water partition coefficient (Wildman–Crippen LogP) is 4.20. The van der Waals surface area contributed by atoms with Gasteiger partial charge in [-0.2, -0.15) is 0 Å². The van der Waals surface area contributed by atoms with Crippen molar-refractivity contribution in [3.05, 3.63) is 41.0 Å². The van der Waals surface area contributed by atoms with Crippen LogP contribution >= 0.6 is 23.1 Å². The van der Waals surface area contributed by atoms with E-state index in [1.165, 1.54) is 22.2 Å². The Labute approximate surface area is 149 Å². The number of hydrogen-bond donors (Lipinski definition) is 1. The summed E-state index contributed by atoms with van der Waals surface area (Å²) >= 11 is 3.04. The third-order valence-corrected chi connectivity index (χ3v) is 6.10. The molecule has 0 saturated heterocycles. The van der Waals surface area contributed by atoms with Crippen molar-refractivity contribution in [2.24, 2.45) is 5.73 Å². The molecule has 0 bridgehead atoms. The van der Waals surface area contributed by atoms with Crippen molar-refractivity contribution in [3.8, 4) is 11.1 Å². The molecule has 6 heteroatoms. The number of thioether (sulfide) groups is 1. The zero-order valence-corrected chi connectivity index (χ0v) is 15.5. The van der Waals surface area contributed by atoms with Crippen LogP contribution in [0.3, 0.4) is 0 Å². The molecule has 0 fully saturated rings. The first-order valence-electron chi connectivity index (χ1n) is 7.80. The fraction of sp³-hybridized carbons (Fsp3) is 0.278. The van der Waals surface area contributed by atoms with Crippen LogP contribution in [0.5, 0.6) is 0 Å². The van der Waals surface area contributed by atoms with E-state index in [0.717, 1.165) is 32.8 Å². The molecule has 2 aromatic heterocycles. The van der Waals surface area contributed by atoms with Gasteiger partial charge >= 0.3 is 0 Å². The Morgan fingerprint density at radius 2 is 2.00 bits per heavy atom. The lowest BCUT2D eigenvalue weighted by atomic mass is 10.0. The summed E-state index contributed by atoms with van der Waals surface area (Å²) in [4.78, 5) is 22.4. The highest BCUT2D eigenvalue weighted by Crippen LogP contribution is 2.42. The number of thiophene rings is 1. The molecule has 0 saturated carbocycles. The monoisotopic (exact) mass is 357 g/mol. The van der Waals surface area contributed by atoms with Crippen LogP contribution in [0.25, 0.3) is 21.3 Å². The highest BCUT2D eigenvalue weighted by atomic mass is 32.2. The maximum Gasteiger partial charge on any atom is 0.230 e. The minimum Gasteiger partial charge on any atom is -0.369 e. The average Bonchev–Trinajstić information content (AvgIpc) is 2.91. The third kappa shape index (κ3) is 3.16. The standard InChI is InChI=1S/C18H19N3OS2/c1-4-12-5-7-13(8-6-12)14-10(2)23-17-15(14)18(21-9-20-17)24-11(3)16(19)22/h5-9,11H,4H2,1-3H3,(H2,19,22). The molecular weight excluding hydrogens is 338 g/mol. The van der Waals surface area contributed by atoms with Gasteiger partial charge in [0.05, 0.1) is 10.6 Å². The molecule has 3 rings (SSSR count). The molecule has 0 spiro atoms. The van der Waals surface area contributed by atoms with Crippen LogP contribution in [0.2, 0.25) is 0 Å². The number of benzene rings is 1. The summed E-state index contributed by atoms with van der Waals surface area (Å²) in [5, 5.41) is 1.49. The van der Waals surface area contributed by atoms with Crippen LogP contribution in [-0.4, -0.2) is 21.1 Å². The zero-order valence-electron chi connectivity index (χ0n) is 13.9. The van der Waals surface area contributed by atoms with E-state index in [4.69, 9.17) is 5.73 Å². The lowest BCUT2D eigenvalue weighted by Gasteiger charge is -2.09. The quantitative estimate of drug-likeness (QED) is 0.549. The summed E-state index contributed by atoms with van der Waals surface area (Å²) in [6, 6.07) is 8.60. The first kappa shape index (κ1) is 16.9. The maximum atomic E-state index is 11.4. The second-order valence-electron chi connectivity index (χ2n) is 5.61. The topological polar surface area (TPSA) is 68.9 Å². The van der Waals surface area contributed by atoms with Crippen LogP contribution < -0.4 is 5.73 Å². The molecule has 0 aliphatic carbocycles. The summed E-state index contributed by atoms with van der Waals surface area (Å²) in [6.45, 7) is 6.05. The van der Waals surface area contributed by atoms with E-state index in [2.05, 4.69) is 48.1 Å². The Morgan fingerprint density at radius 3 is 2.62 bits per heavy atom. The van der Waals surface area contributed by atoms with Crippen LogP contribution in [0, 0.1) is 6.92 Å². The number of nitrogens with zero attached hydrogens (tertiary/aromatic N) is 2. The number of aromatic nitrogens is 2. The summed E-state index contributed by atoms with van der Waals surface area (Å²) in [5.41, 5.74) is 9.03. The van der Waals surface area contributed by atoms with Gasteiger partial charge in [0.1, 0.15) is 16.2 Å². The number of amides is 1. The van der Waals surface area contributed by atoms with Crippen molar-refractivity contribution in [3.63, 3.8) is 0 Å². The van der Waals surface area contributed by atoms with E-state index in [1.54, 1.807) is 24.6 Å². The molecule has 0 radical (unpaired) electrons. The minimum absolute atomic E-state index is 0.335. The molecule has 1 aromatic carbocycles. The fourth-order valence-corrected chi connectivity index (χ4v) is 4.54. The van der Waals surface area contributed by atoms with Gasteiger partial charge in [0.2, 0.25) is 5.91 Å². The van der Waals surface area contributed by atoms with Gasteiger partial charge in [-0.25, -0.2) is 9.97 Å². The molecule has 1 atom stereocenters. The van der Waals surface area contributed by atoms with E-state index in [1.807, 2.05) is 0 Å². The highest BCUT2D eigenvalue weighted by Gasteiger charge is 2.20. The molecule has 0 aliphatic heterocycles. The van der Waals surface area contributed by atoms with Crippen LogP contribution in [0.1, 0.15) is 24.3 Å². The van der Waals surface area contributed by atoms with Gasteiger partial charge < -0.3 is 5.73 Å². The fourth-order valence-electron chi connectivity index (χ4n) is 2.59. The van der Waals surface area contributed by atoms with Crippen molar-refractivity contribution in [2.45, 2.75) is 37.5 Å². The third-order valence-electron chi connectivity index (χ3n) is 3.97. The number of fused-ring (bicyclic) bond motifs is 1. The van der Waals surface area contributed by atoms with Gasteiger partial charge in [0, 0.05) is 10.4 Å². The molecule has 124 valence electrons. The minimum atomic E-state index is -0.340. The van der Waals surface area contributed by atoms with Crippen LogP contribution in [-0.2, 0) is 11.2 Å².